The fraction of sp³-hybridized carbons (Fsp3) is 0.367. The third kappa shape index (κ3) is 6.16. The normalized spacial score (nSPS) is 14.9. The van der Waals surface area contributed by atoms with E-state index in [0.29, 0.717) is 28.4 Å². The van der Waals surface area contributed by atoms with E-state index in [1.807, 2.05) is 50.2 Å². The fourth-order valence-electron chi connectivity index (χ4n) is 4.84. The van der Waals surface area contributed by atoms with Crippen LogP contribution in [0.25, 0.3) is 11.1 Å². The molecule has 0 unspecified atom stereocenters. The van der Waals surface area contributed by atoms with Crippen LogP contribution in [0.15, 0.2) is 66.7 Å². The molecular formula is C30H34F3N3O. The van der Waals surface area contributed by atoms with Gasteiger partial charge in [-0.15, -0.1) is 0 Å². The highest BCUT2D eigenvalue weighted by Crippen LogP contribution is 2.36. The first-order valence-electron chi connectivity index (χ1n) is 12.8. The number of piperazine rings is 1. The summed E-state index contributed by atoms with van der Waals surface area (Å²) in [7, 11) is 0. The molecule has 0 atom stereocenters. The number of benzene rings is 3. The smallest absolute Gasteiger partial charge is 0.369 e. The Kier molecular flexibility index (Phi) is 7.93. The average molecular weight is 510 g/mol. The van der Waals surface area contributed by atoms with Crippen molar-refractivity contribution in [2.24, 2.45) is 0 Å². The van der Waals surface area contributed by atoms with Gasteiger partial charge in [-0.1, -0.05) is 38.1 Å². The summed E-state index contributed by atoms with van der Waals surface area (Å²) >= 11 is 0. The van der Waals surface area contributed by atoms with Crippen molar-refractivity contribution < 1.29 is 18.0 Å². The molecule has 0 aliphatic carbocycles. The molecule has 0 radical (unpaired) electrons. The van der Waals surface area contributed by atoms with Crippen molar-refractivity contribution in [3.8, 4) is 11.1 Å². The van der Waals surface area contributed by atoms with E-state index in [1.54, 1.807) is 6.07 Å². The first-order valence-corrected chi connectivity index (χ1v) is 12.8. The van der Waals surface area contributed by atoms with E-state index >= 15 is 0 Å². The van der Waals surface area contributed by atoms with Gasteiger partial charge in [-0.05, 0) is 78.9 Å². The molecule has 3 aromatic rings. The number of halogens is 3. The molecular weight excluding hydrogens is 475 g/mol. The highest BCUT2D eigenvalue weighted by Gasteiger charge is 2.30. The van der Waals surface area contributed by atoms with Gasteiger partial charge in [0.15, 0.2) is 0 Å². The highest BCUT2D eigenvalue weighted by molar-refractivity contribution is 6.09. The summed E-state index contributed by atoms with van der Waals surface area (Å²) in [5, 5.41) is 2.98. The molecule has 196 valence electrons. The molecule has 0 bridgehead atoms. The number of anilines is 2. The number of nitrogens with one attached hydrogen (secondary N) is 1. The Balaban J connectivity index is 1.55. The molecule has 1 saturated heterocycles. The molecule has 1 heterocycles. The largest absolute Gasteiger partial charge is 0.416 e. The van der Waals surface area contributed by atoms with Gasteiger partial charge >= 0.3 is 6.18 Å². The Morgan fingerprint density at radius 3 is 2.00 bits per heavy atom. The Bertz CT molecular complexity index is 1210. The lowest BCUT2D eigenvalue weighted by Gasteiger charge is -2.38. The van der Waals surface area contributed by atoms with Crippen molar-refractivity contribution >= 4 is 17.3 Å². The first kappa shape index (κ1) is 26.7. The summed E-state index contributed by atoms with van der Waals surface area (Å²) < 4.78 is 39.3. The van der Waals surface area contributed by atoms with Gasteiger partial charge in [-0.25, -0.2) is 0 Å². The summed E-state index contributed by atoms with van der Waals surface area (Å²) in [6.07, 6.45) is -4.41. The minimum absolute atomic E-state index is 0.0838. The third-order valence-electron chi connectivity index (χ3n) is 7.00. The Labute approximate surface area is 217 Å². The van der Waals surface area contributed by atoms with Crippen LogP contribution in [-0.4, -0.2) is 43.0 Å². The second kappa shape index (κ2) is 11.0. The van der Waals surface area contributed by atoms with Gasteiger partial charge in [-0.3, -0.25) is 9.69 Å². The minimum Gasteiger partial charge on any atom is -0.369 e. The monoisotopic (exact) mass is 509 g/mol. The topological polar surface area (TPSA) is 35.6 Å². The lowest BCUT2D eigenvalue weighted by molar-refractivity contribution is -0.137. The zero-order valence-electron chi connectivity index (χ0n) is 21.8. The van der Waals surface area contributed by atoms with Crippen LogP contribution in [0.5, 0.6) is 0 Å². The summed E-state index contributed by atoms with van der Waals surface area (Å²) in [5.41, 5.74) is 3.65. The van der Waals surface area contributed by atoms with Gasteiger partial charge < -0.3 is 10.2 Å². The van der Waals surface area contributed by atoms with Crippen molar-refractivity contribution in [3.05, 3.63) is 83.4 Å². The highest BCUT2D eigenvalue weighted by atomic mass is 19.4. The molecule has 1 aliphatic rings. The number of carbonyl (C=O) groups is 1. The van der Waals surface area contributed by atoms with E-state index < -0.39 is 11.7 Å². The van der Waals surface area contributed by atoms with Crippen LogP contribution < -0.4 is 10.2 Å². The van der Waals surface area contributed by atoms with E-state index in [4.69, 9.17) is 0 Å². The number of nitrogens with zero attached hydrogens (tertiary/aromatic N) is 2. The van der Waals surface area contributed by atoms with Crippen molar-refractivity contribution in [2.45, 2.75) is 45.8 Å². The maximum atomic E-state index is 13.4. The predicted octanol–water partition coefficient (Wildman–Crippen LogP) is 7.28. The first-order chi connectivity index (χ1) is 17.5. The van der Waals surface area contributed by atoms with Crippen LogP contribution in [0, 0.1) is 0 Å². The molecule has 3 aromatic carbocycles. The number of hydrogen-bond donors (Lipinski definition) is 1. The lowest BCUT2D eigenvalue weighted by Crippen LogP contribution is -2.48. The van der Waals surface area contributed by atoms with E-state index in [0.717, 1.165) is 49.6 Å². The summed E-state index contributed by atoms with van der Waals surface area (Å²) in [4.78, 5) is 18.2. The molecule has 1 amide bonds. The molecule has 4 nitrogen and oxygen atoms in total. The van der Waals surface area contributed by atoms with Crippen LogP contribution in [0.3, 0.4) is 0 Å². The Morgan fingerprint density at radius 1 is 0.838 bits per heavy atom. The maximum Gasteiger partial charge on any atom is 0.416 e. The number of rotatable bonds is 6. The third-order valence-corrected chi connectivity index (χ3v) is 7.00. The van der Waals surface area contributed by atoms with E-state index in [1.165, 1.54) is 12.1 Å². The zero-order chi connectivity index (χ0) is 26.7. The van der Waals surface area contributed by atoms with Crippen molar-refractivity contribution in [1.82, 2.24) is 4.90 Å². The number of carbonyl (C=O) groups excluding carboxylic acids is 1. The predicted molar refractivity (Wildman–Crippen MR) is 144 cm³/mol. The van der Waals surface area contributed by atoms with Crippen LogP contribution in [0.4, 0.5) is 24.5 Å². The summed E-state index contributed by atoms with van der Waals surface area (Å²) in [5.74, 6) is -0.212. The molecule has 37 heavy (non-hydrogen) atoms. The number of amides is 1. The van der Waals surface area contributed by atoms with Crippen LogP contribution in [0.1, 0.15) is 55.1 Å². The number of alkyl halides is 3. The lowest BCUT2D eigenvalue weighted by atomic mass is 9.88. The second-order valence-corrected chi connectivity index (χ2v) is 10.1. The standard InChI is InChI=1S/C30H34F3N3O/c1-20(2)26-6-5-7-27(28(26)22-8-10-23(11-9-22)30(31,32)33)29(37)34-24-12-14-25(15-13-24)36-18-16-35(17-19-36)21(3)4/h5-15,20-21H,16-19H2,1-4H3,(H,34,37). The van der Waals surface area contributed by atoms with Crippen LogP contribution in [0.2, 0.25) is 0 Å². The van der Waals surface area contributed by atoms with E-state index in [-0.39, 0.29) is 11.8 Å². The Hall–Kier alpha value is -3.32. The van der Waals surface area contributed by atoms with Gasteiger partial charge in [0.25, 0.3) is 5.91 Å². The van der Waals surface area contributed by atoms with Crippen molar-refractivity contribution in [3.63, 3.8) is 0 Å². The zero-order valence-corrected chi connectivity index (χ0v) is 21.8. The molecule has 0 spiro atoms. The Morgan fingerprint density at radius 2 is 1.46 bits per heavy atom. The molecule has 4 rings (SSSR count). The quantitative estimate of drug-likeness (QED) is 0.379. The van der Waals surface area contributed by atoms with E-state index in [9.17, 15) is 18.0 Å². The van der Waals surface area contributed by atoms with Crippen molar-refractivity contribution in [1.29, 1.82) is 0 Å². The van der Waals surface area contributed by atoms with Crippen LogP contribution >= 0.6 is 0 Å². The van der Waals surface area contributed by atoms with Gasteiger partial charge in [-0.2, -0.15) is 13.2 Å². The molecule has 0 aromatic heterocycles. The molecule has 7 heteroatoms. The van der Waals surface area contributed by atoms with Crippen molar-refractivity contribution in [2.75, 3.05) is 36.4 Å². The maximum absolute atomic E-state index is 13.4. The van der Waals surface area contributed by atoms with Gasteiger partial charge in [0.1, 0.15) is 0 Å². The summed E-state index contributed by atoms with van der Waals surface area (Å²) in [6, 6.07) is 18.8. The van der Waals surface area contributed by atoms with Gasteiger partial charge in [0.05, 0.1) is 5.56 Å². The van der Waals surface area contributed by atoms with Gasteiger partial charge in [0.2, 0.25) is 0 Å². The molecule has 1 aliphatic heterocycles. The number of hydrogen-bond acceptors (Lipinski definition) is 3. The average Bonchev–Trinajstić information content (AvgIpc) is 2.88. The summed E-state index contributed by atoms with van der Waals surface area (Å²) in [6.45, 7) is 12.4. The van der Waals surface area contributed by atoms with Gasteiger partial charge in [0, 0.05) is 49.2 Å². The minimum atomic E-state index is -4.41. The SMILES string of the molecule is CC(C)c1cccc(C(=O)Nc2ccc(N3CCN(C(C)C)CC3)cc2)c1-c1ccc(C(F)(F)F)cc1. The fourth-order valence-corrected chi connectivity index (χ4v) is 4.84. The molecule has 1 N–H and O–H groups in total. The van der Waals surface area contributed by atoms with Crippen LogP contribution in [-0.2, 0) is 6.18 Å². The second-order valence-electron chi connectivity index (χ2n) is 10.1. The molecule has 0 saturated carbocycles. The molecule has 1 fully saturated rings. The van der Waals surface area contributed by atoms with E-state index in [2.05, 4.69) is 29.0 Å².